The summed E-state index contributed by atoms with van der Waals surface area (Å²) in [4.78, 5) is 8.20. The number of hydrogen-bond acceptors (Lipinski definition) is 2. The highest BCUT2D eigenvalue weighted by Gasteiger charge is 2.06. The van der Waals surface area contributed by atoms with Gasteiger partial charge in [0, 0.05) is 11.6 Å². The molecule has 0 aliphatic heterocycles. The van der Waals surface area contributed by atoms with Crippen LogP contribution in [0.25, 0.3) is 11.0 Å². The summed E-state index contributed by atoms with van der Waals surface area (Å²) >= 11 is 5.77. The lowest BCUT2D eigenvalue weighted by Crippen LogP contribution is -1.97. The largest absolute Gasteiger partial charge is 0.321 e. The predicted molar refractivity (Wildman–Crippen MR) is 56.1 cm³/mol. The average molecular weight is 206 g/mol. The second-order valence-corrected chi connectivity index (χ2v) is 3.30. The molecule has 70 valence electrons. The van der Waals surface area contributed by atoms with Crippen molar-refractivity contribution < 1.29 is 0 Å². The van der Waals surface area contributed by atoms with Crippen molar-refractivity contribution in [2.75, 3.05) is 0 Å². The van der Waals surface area contributed by atoms with Gasteiger partial charge in [-0.2, -0.15) is 4.98 Å². The van der Waals surface area contributed by atoms with Gasteiger partial charge in [-0.15, -0.1) is 6.42 Å². The molecule has 0 aliphatic rings. The minimum absolute atomic E-state index is 0.256. The van der Waals surface area contributed by atoms with Crippen LogP contribution >= 0.6 is 11.6 Å². The molecule has 0 saturated heterocycles. The Morgan fingerprint density at radius 3 is 3.07 bits per heavy atom. The third-order valence-corrected chi connectivity index (χ3v) is 2.21. The Balaban J connectivity index is 2.73. The number of aryl methyl sites for hydroxylation is 1. The van der Waals surface area contributed by atoms with E-state index in [1.165, 1.54) is 0 Å². The van der Waals surface area contributed by atoms with Crippen molar-refractivity contribution in [1.29, 1.82) is 0 Å². The van der Waals surface area contributed by atoms with Gasteiger partial charge in [0.25, 0.3) is 0 Å². The smallest absolute Gasteiger partial charge is 0.224 e. The van der Waals surface area contributed by atoms with Crippen molar-refractivity contribution in [2.45, 2.75) is 13.5 Å². The molecule has 0 unspecified atom stereocenters. The van der Waals surface area contributed by atoms with Gasteiger partial charge in [0.2, 0.25) is 5.28 Å². The number of hydrogen-bond donors (Lipinski definition) is 0. The fraction of sp³-hybridized carbons (Fsp3) is 0.200. The topological polar surface area (TPSA) is 30.7 Å². The Labute approximate surface area is 86.7 Å². The van der Waals surface area contributed by atoms with Crippen molar-refractivity contribution in [3.63, 3.8) is 0 Å². The summed E-state index contributed by atoms with van der Waals surface area (Å²) in [5.74, 6) is 2.56. The molecule has 3 nitrogen and oxygen atoms in total. The SMILES string of the molecule is C#CCn1ccc2c(C)nc(Cl)nc21. The standard InChI is InChI=1S/C10H8ClN3/c1-3-5-14-6-4-8-7(2)12-10(11)13-9(8)14/h1,4,6H,5H2,2H3. The summed E-state index contributed by atoms with van der Waals surface area (Å²) in [5.41, 5.74) is 1.66. The lowest BCUT2D eigenvalue weighted by atomic mass is 10.3. The van der Waals surface area contributed by atoms with Gasteiger partial charge in [-0.25, -0.2) is 4.98 Å². The normalized spacial score (nSPS) is 10.4. The minimum Gasteiger partial charge on any atom is -0.321 e. The van der Waals surface area contributed by atoms with Crippen LogP contribution in [0, 0.1) is 19.3 Å². The maximum absolute atomic E-state index is 5.77. The number of fused-ring (bicyclic) bond motifs is 1. The van der Waals surface area contributed by atoms with Gasteiger partial charge in [-0.1, -0.05) is 5.92 Å². The molecule has 0 amide bonds. The van der Waals surface area contributed by atoms with E-state index in [9.17, 15) is 0 Å². The second kappa shape index (κ2) is 3.32. The summed E-state index contributed by atoms with van der Waals surface area (Å²) < 4.78 is 1.87. The molecule has 2 heterocycles. The Hall–Kier alpha value is -1.53. The molecule has 0 aromatic carbocycles. The third kappa shape index (κ3) is 1.34. The molecular weight excluding hydrogens is 198 g/mol. The molecule has 0 fully saturated rings. The van der Waals surface area contributed by atoms with E-state index in [1.54, 1.807) is 0 Å². The van der Waals surface area contributed by atoms with Crippen molar-refractivity contribution in [3.8, 4) is 12.3 Å². The predicted octanol–water partition coefficient (Wildman–Crippen LogP) is 2.03. The number of aromatic nitrogens is 3. The zero-order chi connectivity index (χ0) is 10.1. The summed E-state index contributed by atoms with van der Waals surface area (Å²) in [6.07, 6.45) is 7.13. The van der Waals surface area contributed by atoms with Crippen LogP contribution in [0.3, 0.4) is 0 Å². The number of rotatable bonds is 1. The lowest BCUT2D eigenvalue weighted by Gasteiger charge is -2.00. The van der Waals surface area contributed by atoms with Crippen LogP contribution < -0.4 is 0 Å². The molecule has 0 atom stereocenters. The van der Waals surface area contributed by atoms with Gasteiger partial charge in [-0.05, 0) is 24.6 Å². The molecule has 0 bridgehead atoms. The first-order valence-electron chi connectivity index (χ1n) is 4.15. The number of nitrogens with zero attached hydrogens (tertiary/aromatic N) is 3. The fourth-order valence-electron chi connectivity index (χ4n) is 1.41. The highest BCUT2D eigenvalue weighted by Crippen LogP contribution is 2.18. The van der Waals surface area contributed by atoms with Crippen LogP contribution in [0.4, 0.5) is 0 Å². The van der Waals surface area contributed by atoms with E-state index in [4.69, 9.17) is 18.0 Å². The first-order chi connectivity index (χ1) is 6.72. The molecule has 0 saturated carbocycles. The summed E-state index contributed by atoms with van der Waals surface area (Å²) in [6, 6.07) is 1.94. The quantitative estimate of drug-likeness (QED) is 0.527. The van der Waals surface area contributed by atoms with E-state index in [2.05, 4.69) is 15.9 Å². The molecule has 0 spiro atoms. The van der Waals surface area contributed by atoms with E-state index in [-0.39, 0.29) is 5.28 Å². The van der Waals surface area contributed by atoms with E-state index in [0.717, 1.165) is 16.7 Å². The highest BCUT2D eigenvalue weighted by atomic mass is 35.5. The van der Waals surface area contributed by atoms with Crippen molar-refractivity contribution >= 4 is 22.6 Å². The van der Waals surface area contributed by atoms with Crippen LogP contribution in [-0.4, -0.2) is 14.5 Å². The Bertz CT molecular complexity index is 522. The van der Waals surface area contributed by atoms with E-state index in [0.29, 0.717) is 6.54 Å². The van der Waals surface area contributed by atoms with Crippen molar-refractivity contribution in [3.05, 3.63) is 23.2 Å². The zero-order valence-electron chi connectivity index (χ0n) is 7.66. The monoisotopic (exact) mass is 205 g/mol. The zero-order valence-corrected chi connectivity index (χ0v) is 8.41. The van der Waals surface area contributed by atoms with E-state index in [1.807, 2.05) is 23.8 Å². The van der Waals surface area contributed by atoms with Gasteiger partial charge >= 0.3 is 0 Å². The van der Waals surface area contributed by atoms with Gasteiger partial charge in [0.05, 0.1) is 12.2 Å². The average Bonchev–Trinajstić information content (AvgIpc) is 2.49. The van der Waals surface area contributed by atoms with Gasteiger partial charge in [0.1, 0.15) is 5.65 Å². The molecule has 2 aromatic rings. The van der Waals surface area contributed by atoms with E-state index < -0.39 is 0 Å². The molecule has 2 rings (SSSR count). The Morgan fingerprint density at radius 2 is 2.36 bits per heavy atom. The number of terminal acetylenes is 1. The maximum Gasteiger partial charge on any atom is 0.224 e. The van der Waals surface area contributed by atoms with Gasteiger partial charge in [0.15, 0.2) is 0 Å². The lowest BCUT2D eigenvalue weighted by molar-refractivity contribution is 0.868. The Morgan fingerprint density at radius 1 is 1.57 bits per heavy atom. The van der Waals surface area contributed by atoms with Crippen molar-refractivity contribution in [2.24, 2.45) is 0 Å². The van der Waals surface area contributed by atoms with Crippen LogP contribution in [0.5, 0.6) is 0 Å². The molecule has 0 N–H and O–H groups in total. The molecule has 2 aromatic heterocycles. The molecular formula is C10H8ClN3. The summed E-state index contributed by atoms with van der Waals surface area (Å²) in [6.45, 7) is 2.40. The molecule has 0 radical (unpaired) electrons. The van der Waals surface area contributed by atoms with Crippen LogP contribution in [0.15, 0.2) is 12.3 Å². The summed E-state index contributed by atoms with van der Waals surface area (Å²) in [5, 5.41) is 1.25. The van der Waals surface area contributed by atoms with Crippen LogP contribution in [-0.2, 0) is 6.54 Å². The number of halogens is 1. The highest BCUT2D eigenvalue weighted by molar-refractivity contribution is 6.28. The molecule has 0 aliphatic carbocycles. The first-order valence-corrected chi connectivity index (χ1v) is 4.52. The minimum atomic E-state index is 0.256. The molecule has 4 heteroatoms. The van der Waals surface area contributed by atoms with Crippen molar-refractivity contribution in [1.82, 2.24) is 14.5 Å². The maximum atomic E-state index is 5.77. The van der Waals surface area contributed by atoms with Crippen LogP contribution in [0.1, 0.15) is 5.69 Å². The second-order valence-electron chi connectivity index (χ2n) is 2.96. The third-order valence-electron chi connectivity index (χ3n) is 2.04. The summed E-state index contributed by atoms with van der Waals surface area (Å²) in [7, 11) is 0. The Kier molecular flexibility index (Phi) is 2.14. The van der Waals surface area contributed by atoms with Gasteiger partial charge < -0.3 is 4.57 Å². The fourth-order valence-corrected chi connectivity index (χ4v) is 1.61. The van der Waals surface area contributed by atoms with E-state index >= 15 is 0 Å². The van der Waals surface area contributed by atoms with Gasteiger partial charge in [-0.3, -0.25) is 0 Å². The van der Waals surface area contributed by atoms with Crippen LogP contribution in [0.2, 0.25) is 5.28 Å². The molecule has 14 heavy (non-hydrogen) atoms. The first kappa shape index (κ1) is 9.04.